The number of hydrogen-bond donors (Lipinski definition) is 2. The molecule has 2 amide bonds. The number of hydrogen-bond acceptors (Lipinski definition) is 3. The smallest absolute Gasteiger partial charge is 0.224 e. The van der Waals surface area contributed by atoms with E-state index in [2.05, 4.69) is 36.3 Å². The Hall–Kier alpha value is -2.37. The lowest BCUT2D eigenvalue weighted by atomic mass is 9.95. The molecule has 1 aromatic heterocycles. The molecule has 1 aliphatic carbocycles. The predicted octanol–water partition coefficient (Wildman–Crippen LogP) is 3.02. The number of piperidine rings is 1. The van der Waals surface area contributed by atoms with Crippen molar-refractivity contribution >= 4 is 22.8 Å². The molecule has 1 saturated heterocycles. The van der Waals surface area contributed by atoms with E-state index in [1.54, 1.807) is 0 Å². The highest BCUT2D eigenvalue weighted by Gasteiger charge is 2.35. The fourth-order valence-corrected chi connectivity index (χ4v) is 4.59. The van der Waals surface area contributed by atoms with Crippen molar-refractivity contribution in [2.45, 2.75) is 64.8 Å². The lowest BCUT2D eigenvalue weighted by Gasteiger charge is -2.36. The number of imidazole rings is 1. The largest absolute Gasteiger partial charge is 0.355 e. The maximum Gasteiger partial charge on any atom is 0.224 e. The Labute approximate surface area is 166 Å². The first kappa shape index (κ1) is 19.0. The van der Waals surface area contributed by atoms with Crippen molar-refractivity contribution in [3.8, 4) is 0 Å². The number of amides is 2. The van der Waals surface area contributed by atoms with Crippen molar-refractivity contribution in [3.63, 3.8) is 0 Å². The number of rotatable bonds is 5. The third kappa shape index (κ3) is 3.77. The number of benzene rings is 1. The molecule has 0 unspecified atom stereocenters. The Morgan fingerprint density at radius 3 is 2.82 bits per heavy atom. The van der Waals surface area contributed by atoms with Crippen LogP contribution in [0.1, 0.15) is 55.5 Å². The second-order valence-corrected chi connectivity index (χ2v) is 8.35. The SMILES string of the molecule is Cc1ccc2[nH]c(CCNC(=O)[C@H]3CCC(=O)N(C4CCCC4)C3)nc2c1C. The van der Waals surface area contributed by atoms with Crippen molar-refractivity contribution in [1.29, 1.82) is 0 Å². The van der Waals surface area contributed by atoms with Crippen molar-refractivity contribution < 1.29 is 9.59 Å². The number of nitrogens with one attached hydrogen (secondary N) is 2. The van der Waals surface area contributed by atoms with Gasteiger partial charge in [-0.2, -0.15) is 0 Å². The molecular formula is C22H30N4O2. The molecule has 2 fully saturated rings. The highest BCUT2D eigenvalue weighted by molar-refractivity contribution is 5.84. The van der Waals surface area contributed by atoms with E-state index in [9.17, 15) is 9.59 Å². The molecule has 2 aromatic rings. The third-order valence-electron chi connectivity index (χ3n) is 6.47. The molecule has 0 bridgehead atoms. The first-order valence-corrected chi connectivity index (χ1v) is 10.5. The summed E-state index contributed by atoms with van der Waals surface area (Å²) in [5.74, 6) is 1.11. The number of H-pyrrole nitrogens is 1. The van der Waals surface area contributed by atoms with E-state index in [4.69, 9.17) is 4.98 Å². The van der Waals surface area contributed by atoms with E-state index in [0.717, 1.165) is 29.7 Å². The zero-order valence-corrected chi connectivity index (χ0v) is 16.9. The number of nitrogens with zero attached hydrogens (tertiary/aromatic N) is 2. The Morgan fingerprint density at radius 1 is 1.25 bits per heavy atom. The van der Waals surface area contributed by atoms with E-state index < -0.39 is 0 Å². The van der Waals surface area contributed by atoms with Crippen LogP contribution in [0.4, 0.5) is 0 Å². The first-order chi connectivity index (χ1) is 13.5. The lowest BCUT2D eigenvalue weighted by molar-refractivity contribution is -0.140. The second kappa shape index (κ2) is 7.94. The van der Waals surface area contributed by atoms with Gasteiger partial charge in [0.05, 0.1) is 17.0 Å². The van der Waals surface area contributed by atoms with Crippen LogP contribution in [0.25, 0.3) is 11.0 Å². The summed E-state index contributed by atoms with van der Waals surface area (Å²) in [4.78, 5) is 34.9. The summed E-state index contributed by atoms with van der Waals surface area (Å²) in [6.45, 7) is 5.32. The average molecular weight is 383 g/mol. The fourth-order valence-electron chi connectivity index (χ4n) is 4.59. The van der Waals surface area contributed by atoms with Crippen molar-refractivity contribution in [2.24, 2.45) is 5.92 Å². The molecule has 0 spiro atoms. The van der Waals surface area contributed by atoms with Crippen LogP contribution in [0.5, 0.6) is 0 Å². The van der Waals surface area contributed by atoms with Gasteiger partial charge in [0.15, 0.2) is 0 Å². The van der Waals surface area contributed by atoms with Gasteiger partial charge in [-0.1, -0.05) is 18.9 Å². The minimum atomic E-state index is -0.0844. The van der Waals surface area contributed by atoms with Gasteiger partial charge < -0.3 is 15.2 Å². The third-order valence-corrected chi connectivity index (χ3v) is 6.47. The van der Waals surface area contributed by atoms with E-state index >= 15 is 0 Å². The maximum atomic E-state index is 12.6. The molecule has 28 heavy (non-hydrogen) atoms. The average Bonchev–Trinajstić information content (AvgIpc) is 3.35. The maximum absolute atomic E-state index is 12.6. The van der Waals surface area contributed by atoms with Gasteiger partial charge >= 0.3 is 0 Å². The summed E-state index contributed by atoms with van der Waals surface area (Å²) >= 11 is 0. The lowest BCUT2D eigenvalue weighted by Crippen LogP contribution is -2.49. The summed E-state index contributed by atoms with van der Waals surface area (Å²) in [5, 5.41) is 3.06. The molecule has 1 aliphatic heterocycles. The molecular weight excluding hydrogens is 352 g/mol. The minimum Gasteiger partial charge on any atom is -0.355 e. The van der Waals surface area contributed by atoms with Crippen LogP contribution in [0.15, 0.2) is 12.1 Å². The summed E-state index contributed by atoms with van der Waals surface area (Å²) in [6, 6.07) is 4.51. The van der Waals surface area contributed by atoms with E-state index in [1.807, 2.05) is 4.90 Å². The van der Waals surface area contributed by atoms with Crippen LogP contribution in [-0.2, 0) is 16.0 Å². The predicted molar refractivity (Wildman–Crippen MR) is 109 cm³/mol. The molecule has 150 valence electrons. The van der Waals surface area contributed by atoms with Gasteiger partial charge in [0.1, 0.15) is 5.82 Å². The highest BCUT2D eigenvalue weighted by Crippen LogP contribution is 2.28. The van der Waals surface area contributed by atoms with Gasteiger partial charge in [0.2, 0.25) is 11.8 Å². The molecule has 4 rings (SSSR count). The molecule has 2 heterocycles. The number of carbonyl (C=O) groups is 2. The van der Waals surface area contributed by atoms with Gasteiger partial charge in [0, 0.05) is 32.0 Å². The summed E-state index contributed by atoms with van der Waals surface area (Å²) in [5.41, 5.74) is 4.49. The highest BCUT2D eigenvalue weighted by atomic mass is 16.2. The number of carbonyl (C=O) groups excluding carboxylic acids is 2. The van der Waals surface area contributed by atoms with Crippen molar-refractivity contribution in [3.05, 3.63) is 29.1 Å². The van der Waals surface area contributed by atoms with Crippen molar-refractivity contribution in [1.82, 2.24) is 20.2 Å². The van der Waals surface area contributed by atoms with E-state index in [-0.39, 0.29) is 17.7 Å². The van der Waals surface area contributed by atoms with Crippen LogP contribution in [-0.4, -0.2) is 45.8 Å². The molecule has 6 nitrogen and oxygen atoms in total. The Kier molecular flexibility index (Phi) is 5.38. The van der Waals surface area contributed by atoms with Gasteiger partial charge in [0.25, 0.3) is 0 Å². The monoisotopic (exact) mass is 382 g/mol. The molecule has 2 aliphatic rings. The quantitative estimate of drug-likeness (QED) is 0.834. The van der Waals surface area contributed by atoms with Crippen LogP contribution < -0.4 is 5.32 Å². The van der Waals surface area contributed by atoms with E-state index in [0.29, 0.717) is 38.4 Å². The van der Waals surface area contributed by atoms with Crippen LogP contribution in [0, 0.1) is 19.8 Å². The zero-order chi connectivity index (χ0) is 19.7. The summed E-state index contributed by atoms with van der Waals surface area (Å²) in [6.07, 6.45) is 6.41. The van der Waals surface area contributed by atoms with Gasteiger partial charge in [-0.15, -0.1) is 0 Å². The molecule has 1 saturated carbocycles. The molecule has 2 N–H and O–H groups in total. The number of aromatic amines is 1. The Bertz CT molecular complexity index is 882. The van der Waals surface area contributed by atoms with Crippen LogP contribution in [0.3, 0.4) is 0 Å². The molecule has 6 heteroatoms. The Balaban J connectivity index is 1.32. The van der Waals surface area contributed by atoms with Crippen LogP contribution in [0.2, 0.25) is 0 Å². The zero-order valence-electron chi connectivity index (χ0n) is 16.9. The second-order valence-electron chi connectivity index (χ2n) is 8.35. The Morgan fingerprint density at radius 2 is 2.04 bits per heavy atom. The topological polar surface area (TPSA) is 78.1 Å². The van der Waals surface area contributed by atoms with Crippen molar-refractivity contribution in [2.75, 3.05) is 13.1 Å². The number of likely N-dealkylation sites (tertiary alicyclic amines) is 1. The van der Waals surface area contributed by atoms with E-state index in [1.165, 1.54) is 24.0 Å². The van der Waals surface area contributed by atoms with Gasteiger partial charge in [-0.3, -0.25) is 9.59 Å². The summed E-state index contributed by atoms with van der Waals surface area (Å²) < 4.78 is 0. The van der Waals surface area contributed by atoms with Gasteiger partial charge in [-0.05, 0) is 50.3 Å². The summed E-state index contributed by atoms with van der Waals surface area (Å²) in [7, 11) is 0. The number of fused-ring (bicyclic) bond motifs is 1. The van der Waals surface area contributed by atoms with Gasteiger partial charge in [-0.25, -0.2) is 4.98 Å². The number of aromatic nitrogens is 2. The minimum absolute atomic E-state index is 0.0682. The molecule has 0 radical (unpaired) electrons. The first-order valence-electron chi connectivity index (χ1n) is 10.5. The number of aryl methyl sites for hydroxylation is 2. The standard InChI is InChI=1S/C22H30N4O2/c1-14-7-9-18-21(15(14)2)25-19(24-18)11-12-23-22(28)16-8-10-20(27)26(13-16)17-5-3-4-6-17/h7,9,16-17H,3-6,8,10-13H2,1-2H3,(H,23,28)(H,24,25)/t16-/m0/s1. The molecule has 1 aromatic carbocycles. The van der Waals surface area contributed by atoms with Crippen LogP contribution >= 0.6 is 0 Å². The molecule has 1 atom stereocenters. The fraction of sp³-hybridized carbons (Fsp3) is 0.591. The normalized spacial score (nSPS) is 20.9.